The molecular weight excluding hydrogens is 352 g/mol. The highest BCUT2D eigenvalue weighted by atomic mass is 79.9. The first-order chi connectivity index (χ1) is 11.2. The maximum absolute atomic E-state index is 5.93. The molecule has 4 heteroatoms. The lowest BCUT2D eigenvalue weighted by Crippen LogP contribution is -2.20. The topological polar surface area (TPSA) is 38.5 Å². The Hall–Kier alpha value is -1.36. The maximum atomic E-state index is 5.93. The molecular formula is C19H23BrN2O. The van der Waals surface area contributed by atoms with E-state index < -0.39 is 0 Å². The van der Waals surface area contributed by atoms with Gasteiger partial charge < -0.3 is 10.5 Å². The molecule has 1 saturated heterocycles. The minimum Gasteiger partial charge on any atom is -0.488 e. The van der Waals surface area contributed by atoms with Crippen LogP contribution in [0.4, 0.5) is 0 Å². The molecule has 2 aromatic carbocycles. The average Bonchev–Trinajstić information content (AvgIpc) is 2.96. The highest BCUT2D eigenvalue weighted by Crippen LogP contribution is 2.37. The summed E-state index contributed by atoms with van der Waals surface area (Å²) in [6.45, 7) is 2.42. The predicted octanol–water partition coefficient (Wildman–Crippen LogP) is 3.98. The van der Waals surface area contributed by atoms with E-state index in [1.807, 2.05) is 18.2 Å². The third-order valence-electron chi connectivity index (χ3n) is 4.55. The van der Waals surface area contributed by atoms with Crippen LogP contribution in [0.2, 0.25) is 0 Å². The quantitative estimate of drug-likeness (QED) is 0.859. The number of hydrogen-bond donors (Lipinski definition) is 1. The van der Waals surface area contributed by atoms with Gasteiger partial charge in [-0.1, -0.05) is 36.4 Å². The van der Waals surface area contributed by atoms with Crippen LogP contribution < -0.4 is 10.5 Å². The second-order valence-corrected chi connectivity index (χ2v) is 7.11. The molecule has 1 aliphatic heterocycles. The van der Waals surface area contributed by atoms with Gasteiger partial charge in [0.25, 0.3) is 0 Å². The smallest absolute Gasteiger partial charge is 0.134 e. The molecule has 0 aromatic heterocycles. The molecule has 2 N–H and O–H groups in total. The molecule has 3 rings (SSSR count). The Morgan fingerprint density at radius 3 is 2.65 bits per heavy atom. The lowest BCUT2D eigenvalue weighted by Gasteiger charge is -2.20. The Morgan fingerprint density at radius 1 is 1.22 bits per heavy atom. The normalized spacial score (nSPS) is 21.5. The lowest BCUT2D eigenvalue weighted by molar-refractivity contribution is 0.301. The molecule has 1 fully saturated rings. The molecule has 2 aromatic rings. The minimum absolute atomic E-state index is 0.447. The first-order valence-electron chi connectivity index (χ1n) is 8.04. The Morgan fingerprint density at radius 2 is 2.00 bits per heavy atom. The molecule has 3 nitrogen and oxygen atoms in total. The number of nitrogens with zero attached hydrogens (tertiary/aromatic N) is 1. The van der Waals surface area contributed by atoms with Gasteiger partial charge in [-0.3, -0.25) is 4.90 Å². The van der Waals surface area contributed by atoms with E-state index in [0.29, 0.717) is 18.6 Å². The number of hydrogen-bond acceptors (Lipinski definition) is 3. The molecule has 0 aliphatic carbocycles. The van der Waals surface area contributed by atoms with Crippen molar-refractivity contribution in [2.45, 2.75) is 19.1 Å². The van der Waals surface area contributed by atoms with Crippen molar-refractivity contribution in [1.29, 1.82) is 0 Å². The SMILES string of the molecule is CN1CC(CN)CC1c1ccc(OCc2ccccc2)c(Br)c1. The Bertz CT molecular complexity index is 647. The summed E-state index contributed by atoms with van der Waals surface area (Å²) in [6, 6.07) is 17.1. The van der Waals surface area contributed by atoms with Crippen LogP contribution in [0, 0.1) is 5.92 Å². The third kappa shape index (κ3) is 3.94. The van der Waals surface area contributed by atoms with Crippen LogP contribution in [-0.2, 0) is 6.61 Å². The van der Waals surface area contributed by atoms with E-state index in [9.17, 15) is 0 Å². The number of benzene rings is 2. The molecule has 0 amide bonds. The summed E-state index contributed by atoms with van der Waals surface area (Å²) in [7, 11) is 2.17. The fraction of sp³-hybridized carbons (Fsp3) is 0.368. The van der Waals surface area contributed by atoms with Crippen molar-refractivity contribution in [3.8, 4) is 5.75 Å². The van der Waals surface area contributed by atoms with Gasteiger partial charge in [0.1, 0.15) is 12.4 Å². The Labute approximate surface area is 146 Å². The third-order valence-corrected chi connectivity index (χ3v) is 5.17. The summed E-state index contributed by atoms with van der Waals surface area (Å²) in [5.41, 5.74) is 8.32. The van der Waals surface area contributed by atoms with Crippen molar-refractivity contribution in [1.82, 2.24) is 4.90 Å². The molecule has 23 heavy (non-hydrogen) atoms. The van der Waals surface area contributed by atoms with Gasteiger partial charge in [-0.15, -0.1) is 0 Å². The number of rotatable bonds is 5. The monoisotopic (exact) mass is 374 g/mol. The van der Waals surface area contributed by atoms with Gasteiger partial charge >= 0.3 is 0 Å². The fourth-order valence-corrected chi connectivity index (χ4v) is 3.75. The first-order valence-corrected chi connectivity index (χ1v) is 8.83. The van der Waals surface area contributed by atoms with Gasteiger partial charge in [0, 0.05) is 12.6 Å². The number of halogens is 1. The number of likely N-dealkylation sites (tertiary alicyclic amines) is 1. The van der Waals surface area contributed by atoms with Crippen molar-refractivity contribution in [2.24, 2.45) is 11.7 Å². The lowest BCUT2D eigenvalue weighted by atomic mass is 10.00. The summed E-state index contributed by atoms with van der Waals surface area (Å²) in [6.07, 6.45) is 1.13. The van der Waals surface area contributed by atoms with E-state index in [0.717, 1.165) is 29.7 Å². The zero-order chi connectivity index (χ0) is 16.2. The molecule has 2 unspecified atom stereocenters. The highest BCUT2D eigenvalue weighted by Gasteiger charge is 2.29. The van der Waals surface area contributed by atoms with E-state index in [1.165, 1.54) is 11.1 Å². The summed E-state index contributed by atoms with van der Waals surface area (Å²) < 4.78 is 6.94. The van der Waals surface area contributed by atoms with Gasteiger partial charge in [0.15, 0.2) is 0 Å². The number of ether oxygens (including phenoxy) is 1. The van der Waals surface area contributed by atoms with Gasteiger partial charge in [0.05, 0.1) is 4.47 Å². The highest BCUT2D eigenvalue weighted by molar-refractivity contribution is 9.10. The van der Waals surface area contributed by atoms with E-state index >= 15 is 0 Å². The molecule has 0 bridgehead atoms. The van der Waals surface area contributed by atoms with Gasteiger partial charge in [0.2, 0.25) is 0 Å². The summed E-state index contributed by atoms with van der Waals surface area (Å²) in [5.74, 6) is 1.48. The molecule has 0 saturated carbocycles. The molecule has 1 heterocycles. The molecule has 122 valence electrons. The Kier molecular flexibility index (Phi) is 5.36. The molecule has 0 spiro atoms. The predicted molar refractivity (Wildman–Crippen MR) is 97.4 cm³/mol. The summed E-state index contributed by atoms with van der Waals surface area (Å²) in [5, 5.41) is 0. The molecule has 0 radical (unpaired) electrons. The van der Waals surface area contributed by atoms with E-state index in [-0.39, 0.29) is 0 Å². The zero-order valence-electron chi connectivity index (χ0n) is 13.4. The minimum atomic E-state index is 0.447. The van der Waals surface area contributed by atoms with Crippen molar-refractivity contribution in [3.05, 3.63) is 64.1 Å². The molecule has 2 atom stereocenters. The van der Waals surface area contributed by atoms with Crippen LogP contribution in [0.3, 0.4) is 0 Å². The maximum Gasteiger partial charge on any atom is 0.134 e. The second kappa shape index (κ2) is 7.47. The fourth-order valence-electron chi connectivity index (χ4n) is 3.24. The van der Waals surface area contributed by atoms with E-state index in [1.54, 1.807) is 0 Å². The molecule has 1 aliphatic rings. The zero-order valence-corrected chi connectivity index (χ0v) is 15.0. The van der Waals surface area contributed by atoms with Gasteiger partial charge in [-0.25, -0.2) is 0 Å². The Balaban J connectivity index is 1.68. The summed E-state index contributed by atoms with van der Waals surface area (Å²) in [4.78, 5) is 2.39. The number of nitrogens with two attached hydrogens (primary N) is 1. The van der Waals surface area contributed by atoms with Crippen LogP contribution in [0.5, 0.6) is 5.75 Å². The van der Waals surface area contributed by atoms with Crippen molar-refractivity contribution in [2.75, 3.05) is 20.1 Å². The van der Waals surface area contributed by atoms with Crippen LogP contribution in [0.15, 0.2) is 53.0 Å². The van der Waals surface area contributed by atoms with E-state index in [2.05, 4.69) is 58.2 Å². The standard InChI is InChI=1S/C19H23BrN2O/c1-22-12-15(11-21)9-18(22)16-7-8-19(17(20)10-16)23-13-14-5-3-2-4-6-14/h2-8,10,15,18H,9,11-13,21H2,1H3. The van der Waals surface area contributed by atoms with Gasteiger partial charge in [-0.05, 0) is 65.1 Å². The van der Waals surface area contributed by atoms with Crippen LogP contribution in [0.25, 0.3) is 0 Å². The average molecular weight is 375 g/mol. The van der Waals surface area contributed by atoms with Crippen molar-refractivity contribution >= 4 is 15.9 Å². The summed E-state index contributed by atoms with van der Waals surface area (Å²) >= 11 is 3.65. The van der Waals surface area contributed by atoms with Crippen molar-refractivity contribution < 1.29 is 4.74 Å². The first kappa shape index (κ1) is 16.5. The van der Waals surface area contributed by atoms with Crippen LogP contribution in [0.1, 0.15) is 23.6 Å². The van der Waals surface area contributed by atoms with Crippen LogP contribution >= 0.6 is 15.9 Å². The van der Waals surface area contributed by atoms with E-state index in [4.69, 9.17) is 10.5 Å². The van der Waals surface area contributed by atoms with Crippen molar-refractivity contribution in [3.63, 3.8) is 0 Å². The van der Waals surface area contributed by atoms with Crippen LogP contribution in [-0.4, -0.2) is 25.0 Å². The second-order valence-electron chi connectivity index (χ2n) is 6.26. The van der Waals surface area contributed by atoms with Gasteiger partial charge in [-0.2, -0.15) is 0 Å². The largest absolute Gasteiger partial charge is 0.488 e.